The number of hydrogen-bond acceptors (Lipinski definition) is 2. The van der Waals surface area contributed by atoms with Crippen molar-refractivity contribution >= 4 is 0 Å². The van der Waals surface area contributed by atoms with Crippen LogP contribution >= 0.6 is 0 Å². The van der Waals surface area contributed by atoms with E-state index in [1.165, 1.54) is 25.7 Å². The van der Waals surface area contributed by atoms with Crippen LogP contribution in [0.1, 0.15) is 52.9 Å². The summed E-state index contributed by atoms with van der Waals surface area (Å²) in [7, 11) is 2.10. The van der Waals surface area contributed by atoms with Crippen molar-refractivity contribution in [3.8, 4) is 0 Å². The van der Waals surface area contributed by atoms with Crippen molar-refractivity contribution in [2.75, 3.05) is 13.7 Å². The van der Waals surface area contributed by atoms with Crippen LogP contribution < -0.4 is 5.32 Å². The summed E-state index contributed by atoms with van der Waals surface area (Å²) in [5.41, 5.74) is 0. The number of nitrogens with one attached hydrogen (secondary N) is 1. The Kier molecular flexibility index (Phi) is 6.37. The van der Waals surface area contributed by atoms with E-state index in [1.807, 2.05) is 0 Å². The average molecular weight is 227 g/mol. The first-order valence-corrected chi connectivity index (χ1v) is 6.97. The summed E-state index contributed by atoms with van der Waals surface area (Å²) in [5.74, 6) is 1.57. The normalized spacial score (nSPS) is 27.6. The van der Waals surface area contributed by atoms with Gasteiger partial charge in [0.2, 0.25) is 0 Å². The second-order valence-electron chi connectivity index (χ2n) is 5.49. The molecule has 1 saturated heterocycles. The smallest absolute Gasteiger partial charge is 0.0616 e. The third-order valence-electron chi connectivity index (χ3n) is 3.85. The van der Waals surface area contributed by atoms with E-state index < -0.39 is 0 Å². The molecule has 1 rings (SSSR count). The number of rotatable bonds is 7. The van der Waals surface area contributed by atoms with Gasteiger partial charge in [-0.2, -0.15) is 0 Å². The molecule has 0 bridgehead atoms. The molecule has 3 atom stereocenters. The summed E-state index contributed by atoms with van der Waals surface area (Å²) in [4.78, 5) is 0. The highest BCUT2D eigenvalue weighted by Gasteiger charge is 2.32. The van der Waals surface area contributed by atoms with Crippen molar-refractivity contribution in [2.45, 2.75) is 65.0 Å². The Hall–Kier alpha value is -0.0800. The van der Waals surface area contributed by atoms with Gasteiger partial charge in [-0.1, -0.05) is 33.6 Å². The number of hydrogen-bond donors (Lipinski definition) is 1. The second kappa shape index (κ2) is 7.29. The minimum atomic E-state index is 0.497. The van der Waals surface area contributed by atoms with E-state index in [-0.39, 0.29) is 0 Å². The summed E-state index contributed by atoms with van der Waals surface area (Å²) in [6.07, 6.45) is 6.90. The van der Waals surface area contributed by atoms with Gasteiger partial charge < -0.3 is 10.1 Å². The van der Waals surface area contributed by atoms with Gasteiger partial charge in [-0.25, -0.2) is 0 Å². The lowest BCUT2D eigenvalue weighted by Gasteiger charge is -2.27. The summed E-state index contributed by atoms with van der Waals surface area (Å²) in [6.45, 7) is 7.82. The van der Waals surface area contributed by atoms with Gasteiger partial charge >= 0.3 is 0 Å². The Morgan fingerprint density at radius 2 is 2.06 bits per heavy atom. The van der Waals surface area contributed by atoms with Gasteiger partial charge in [0.25, 0.3) is 0 Å². The van der Waals surface area contributed by atoms with Crippen molar-refractivity contribution in [1.82, 2.24) is 5.32 Å². The quantitative estimate of drug-likeness (QED) is 0.721. The fourth-order valence-electron chi connectivity index (χ4n) is 2.86. The Balaban J connectivity index is 2.34. The molecule has 1 fully saturated rings. The highest BCUT2D eigenvalue weighted by Crippen LogP contribution is 2.28. The molecule has 1 aliphatic rings. The molecule has 0 aliphatic carbocycles. The predicted molar refractivity (Wildman–Crippen MR) is 69.7 cm³/mol. The molecule has 0 spiro atoms. The van der Waals surface area contributed by atoms with Crippen LogP contribution in [-0.4, -0.2) is 25.8 Å². The molecule has 3 unspecified atom stereocenters. The van der Waals surface area contributed by atoms with Crippen molar-refractivity contribution in [2.24, 2.45) is 11.8 Å². The molecule has 2 nitrogen and oxygen atoms in total. The highest BCUT2D eigenvalue weighted by molar-refractivity contribution is 4.85. The van der Waals surface area contributed by atoms with Gasteiger partial charge in [-0.15, -0.1) is 0 Å². The minimum absolute atomic E-state index is 0.497. The first-order chi connectivity index (χ1) is 7.69. The van der Waals surface area contributed by atoms with Crippen molar-refractivity contribution in [3.63, 3.8) is 0 Å². The third kappa shape index (κ3) is 4.06. The van der Waals surface area contributed by atoms with Crippen molar-refractivity contribution in [3.05, 3.63) is 0 Å². The van der Waals surface area contributed by atoms with E-state index >= 15 is 0 Å². The summed E-state index contributed by atoms with van der Waals surface area (Å²) < 4.78 is 5.78. The van der Waals surface area contributed by atoms with E-state index in [4.69, 9.17) is 4.74 Å². The van der Waals surface area contributed by atoms with Crippen LogP contribution in [0.15, 0.2) is 0 Å². The van der Waals surface area contributed by atoms with E-state index in [1.54, 1.807) is 0 Å². The zero-order valence-corrected chi connectivity index (χ0v) is 11.5. The molecule has 2 heteroatoms. The van der Waals surface area contributed by atoms with Gasteiger partial charge in [0.15, 0.2) is 0 Å². The van der Waals surface area contributed by atoms with E-state index in [0.29, 0.717) is 12.1 Å². The Morgan fingerprint density at radius 3 is 2.62 bits per heavy atom. The van der Waals surface area contributed by atoms with Crippen LogP contribution in [0.25, 0.3) is 0 Å². The molecule has 0 saturated carbocycles. The molecule has 1 N–H and O–H groups in total. The lowest BCUT2D eigenvalue weighted by molar-refractivity contribution is 0.0769. The highest BCUT2D eigenvalue weighted by atomic mass is 16.5. The van der Waals surface area contributed by atoms with Crippen molar-refractivity contribution in [1.29, 1.82) is 0 Å². The van der Waals surface area contributed by atoms with Crippen molar-refractivity contribution < 1.29 is 4.74 Å². The van der Waals surface area contributed by atoms with Gasteiger partial charge in [0.1, 0.15) is 0 Å². The Bertz CT molecular complexity index is 182. The molecule has 1 heterocycles. The van der Waals surface area contributed by atoms with Crippen LogP contribution in [0, 0.1) is 11.8 Å². The standard InChI is InChI=1S/C14H29NO/c1-5-14-12(9-10-16-14)13(15-4)8-6-7-11(2)3/h11-15H,5-10H2,1-4H3. The number of ether oxygens (including phenoxy) is 1. The zero-order valence-electron chi connectivity index (χ0n) is 11.5. The SMILES string of the molecule is CCC1OCCC1C(CCCC(C)C)NC. The van der Waals surface area contributed by atoms with E-state index in [9.17, 15) is 0 Å². The molecule has 0 aromatic rings. The fourth-order valence-corrected chi connectivity index (χ4v) is 2.86. The minimum Gasteiger partial charge on any atom is -0.378 e. The topological polar surface area (TPSA) is 21.3 Å². The van der Waals surface area contributed by atoms with Gasteiger partial charge in [-0.05, 0) is 32.2 Å². The van der Waals surface area contributed by atoms with Crippen LogP contribution in [0.4, 0.5) is 0 Å². The fraction of sp³-hybridized carbons (Fsp3) is 1.00. The second-order valence-corrected chi connectivity index (χ2v) is 5.49. The molecule has 1 aliphatic heterocycles. The zero-order chi connectivity index (χ0) is 12.0. The van der Waals surface area contributed by atoms with Crippen LogP contribution in [0.3, 0.4) is 0 Å². The van der Waals surface area contributed by atoms with Crippen LogP contribution in [0.5, 0.6) is 0 Å². The first-order valence-electron chi connectivity index (χ1n) is 6.97. The Labute approximate surface area is 101 Å². The maximum absolute atomic E-state index is 5.78. The molecule has 0 amide bonds. The molecular formula is C14H29NO. The molecular weight excluding hydrogens is 198 g/mol. The maximum Gasteiger partial charge on any atom is 0.0616 e. The summed E-state index contributed by atoms with van der Waals surface area (Å²) in [5, 5.41) is 3.50. The molecule has 0 aromatic heterocycles. The predicted octanol–water partition coefficient (Wildman–Crippen LogP) is 3.22. The first kappa shape index (κ1) is 14.0. The average Bonchev–Trinajstić information content (AvgIpc) is 2.72. The molecule has 16 heavy (non-hydrogen) atoms. The lowest BCUT2D eigenvalue weighted by atomic mass is 9.87. The van der Waals surface area contributed by atoms with Crippen LogP contribution in [-0.2, 0) is 4.74 Å². The lowest BCUT2D eigenvalue weighted by Crippen LogP contribution is -2.37. The monoisotopic (exact) mass is 227 g/mol. The van der Waals surface area contributed by atoms with E-state index in [0.717, 1.165) is 24.9 Å². The summed E-state index contributed by atoms with van der Waals surface area (Å²) >= 11 is 0. The maximum atomic E-state index is 5.78. The largest absolute Gasteiger partial charge is 0.378 e. The molecule has 0 radical (unpaired) electrons. The summed E-state index contributed by atoms with van der Waals surface area (Å²) in [6, 6.07) is 0.659. The molecule has 96 valence electrons. The molecule has 0 aromatic carbocycles. The van der Waals surface area contributed by atoms with Crippen LogP contribution in [0.2, 0.25) is 0 Å². The Morgan fingerprint density at radius 1 is 1.31 bits per heavy atom. The van der Waals surface area contributed by atoms with E-state index in [2.05, 4.69) is 33.1 Å². The van der Waals surface area contributed by atoms with Gasteiger partial charge in [0, 0.05) is 18.6 Å². The van der Waals surface area contributed by atoms with Gasteiger partial charge in [-0.3, -0.25) is 0 Å². The van der Waals surface area contributed by atoms with Gasteiger partial charge in [0.05, 0.1) is 6.10 Å². The third-order valence-corrected chi connectivity index (χ3v) is 3.85.